The quantitative estimate of drug-likeness (QED) is 0.702. The van der Waals surface area contributed by atoms with Gasteiger partial charge in [0.1, 0.15) is 6.04 Å². The Morgan fingerprint density at radius 3 is 2.57 bits per heavy atom. The van der Waals surface area contributed by atoms with E-state index < -0.39 is 0 Å². The number of benzene rings is 1. The van der Waals surface area contributed by atoms with Gasteiger partial charge in [-0.1, -0.05) is 18.2 Å². The predicted molar refractivity (Wildman–Crippen MR) is 116 cm³/mol. The number of hydrogen-bond donors (Lipinski definition) is 1. The van der Waals surface area contributed by atoms with Gasteiger partial charge in [-0.25, -0.2) is 4.79 Å². The van der Waals surface area contributed by atoms with E-state index in [1.54, 1.807) is 4.90 Å². The molecule has 3 aromatic rings. The zero-order valence-corrected chi connectivity index (χ0v) is 17.4. The van der Waals surface area contributed by atoms with E-state index in [2.05, 4.69) is 4.98 Å². The molecule has 0 unspecified atom stereocenters. The highest BCUT2D eigenvalue weighted by Crippen LogP contribution is 2.28. The van der Waals surface area contributed by atoms with E-state index in [0.29, 0.717) is 24.5 Å². The minimum absolute atomic E-state index is 0.0407. The summed E-state index contributed by atoms with van der Waals surface area (Å²) in [7, 11) is 0. The van der Waals surface area contributed by atoms with Crippen molar-refractivity contribution in [1.29, 1.82) is 0 Å². The zero-order chi connectivity index (χ0) is 20.7. The van der Waals surface area contributed by atoms with Gasteiger partial charge in [0.25, 0.3) is 5.91 Å². The second-order valence-corrected chi connectivity index (χ2v) is 8.96. The van der Waals surface area contributed by atoms with Gasteiger partial charge in [-0.05, 0) is 49.3 Å². The Morgan fingerprint density at radius 1 is 1.00 bits per heavy atom. The summed E-state index contributed by atoms with van der Waals surface area (Å²) >= 11 is 1.42. The number of fused-ring (bicyclic) bond motifs is 1. The van der Waals surface area contributed by atoms with Crippen molar-refractivity contribution in [3.05, 3.63) is 57.1 Å². The number of carbonyl (C=O) groups is 2. The molecule has 1 atom stereocenters. The second kappa shape index (κ2) is 7.75. The second-order valence-electron chi connectivity index (χ2n) is 8.01. The maximum atomic E-state index is 13.2. The molecule has 1 N–H and O–H groups in total. The van der Waals surface area contributed by atoms with E-state index in [1.165, 1.54) is 11.3 Å². The average molecular weight is 425 g/mol. The summed E-state index contributed by atoms with van der Waals surface area (Å²) in [5.41, 5.74) is 1.66. The van der Waals surface area contributed by atoms with Gasteiger partial charge in [-0.3, -0.25) is 14.2 Å². The molecule has 2 amide bonds. The topological polar surface area (TPSA) is 78.4 Å². The summed E-state index contributed by atoms with van der Waals surface area (Å²) in [5, 5.41) is 1.89. The Labute approximate surface area is 177 Å². The number of rotatable bonds is 3. The van der Waals surface area contributed by atoms with Crippen LogP contribution in [-0.4, -0.2) is 56.8 Å². The van der Waals surface area contributed by atoms with Gasteiger partial charge >= 0.3 is 5.69 Å². The number of H-pyrrole nitrogens is 1. The first-order valence-corrected chi connectivity index (χ1v) is 11.3. The maximum absolute atomic E-state index is 13.2. The van der Waals surface area contributed by atoms with Crippen LogP contribution in [0.1, 0.15) is 41.4 Å². The summed E-state index contributed by atoms with van der Waals surface area (Å²) in [4.78, 5) is 45.7. The summed E-state index contributed by atoms with van der Waals surface area (Å²) in [6.45, 7) is 1.84. The molecule has 4 heterocycles. The van der Waals surface area contributed by atoms with E-state index in [-0.39, 0.29) is 29.6 Å². The van der Waals surface area contributed by atoms with Crippen LogP contribution in [0.4, 0.5) is 0 Å². The summed E-state index contributed by atoms with van der Waals surface area (Å²) < 4.78 is 1.83. The molecule has 5 rings (SSSR count). The zero-order valence-electron chi connectivity index (χ0n) is 16.6. The van der Waals surface area contributed by atoms with Crippen LogP contribution in [0.2, 0.25) is 0 Å². The predicted octanol–water partition coefficient (Wildman–Crippen LogP) is 2.86. The van der Waals surface area contributed by atoms with Gasteiger partial charge in [0.15, 0.2) is 0 Å². The molecule has 0 aliphatic carbocycles. The number of thiophene rings is 1. The summed E-state index contributed by atoms with van der Waals surface area (Å²) in [5.74, 6) is 0.00297. The monoisotopic (exact) mass is 424 g/mol. The number of para-hydroxylation sites is 2. The number of carbonyl (C=O) groups excluding carboxylic acids is 2. The Kier molecular flexibility index (Phi) is 4.94. The van der Waals surface area contributed by atoms with Crippen LogP contribution in [0, 0.1) is 0 Å². The van der Waals surface area contributed by atoms with E-state index in [0.717, 1.165) is 36.7 Å². The Morgan fingerprint density at radius 2 is 1.80 bits per heavy atom. The van der Waals surface area contributed by atoms with Crippen molar-refractivity contribution in [2.45, 2.75) is 37.8 Å². The van der Waals surface area contributed by atoms with E-state index in [9.17, 15) is 14.4 Å². The number of likely N-dealkylation sites (tertiary alicyclic amines) is 2. The molecule has 2 saturated heterocycles. The number of hydrogen-bond acceptors (Lipinski definition) is 4. The first-order valence-electron chi connectivity index (χ1n) is 10.5. The Balaban J connectivity index is 1.28. The number of nitrogens with one attached hydrogen (secondary N) is 1. The molecule has 0 spiro atoms. The van der Waals surface area contributed by atoms with Gasteiger partial charge in [-0.2, -0.15) is 0 Å². The van der Waals surface area contributed by atoms with Crippen LogP contribution in [0.5, 0.6) is 0 Å². The highest BCUT2D eigenvalue weighted by Gasteiger charge is 2.38. The molecule has 2 aliphatic rings. The van der Waals surface area contributed by atoms with Crippen LogP contribution < -0.4 is 5.69 Å². The third kappa shape index (κ3) is 3.25. The fraction of sp³-hybridized carbons (Fsp3) is 0.409. The van der Waals surface area contributed by atoms with Gasteiger partial charge < -0.3 is 14.8 Å². The lowest BCUT2D eigenvalue weighted by Crippen LogP contribution is -2.50. The minimum Gasteiger partial charge on any atom is -0.341 e. The smallest absolute Gasteiger partial charge is 0.326 e. The average Bonchev–Trinajstić information content (AvgIpc) is 3.52. The molecule has 7 nitrogen and oxygen atoms in total. The summed E-state index contributed by atoms with van der Waals surface area (Å²) in [6.07, 6.45) is 3.05. The van der Waals surface area contributed by atoms with Gasteiger partial charge in [0.05, 0.1) is 15.9 Å². The van der Waals surface area contributed by atoms with Crippen LogP contribution in [0.25, 0.3) is 11.0 Å². The number of aromatic amines is 1. The Hall–Kier alpha value is -2.87. The van der Waals surface area contributed by atoms with Crippen molar-refractivity contribution in [1.82, 2.24) is 19.4 Å². The third-order valence-corrected chi connectivity index (χ3v) is 7.15. The Bertz CT molecular complexity index is 1120. The van der Waals surface area contributed by atoms with Crippen LogP contribution >= 0.6 is 11.3 Å². The lowest BCUT2D eigenvalue weighted by Gasteiger charge is -2.35. The molecule has 2 aromatic heterocycles. The van der Waals surface area contributed by atoms with Crippen LogP contribution in [0.3, 0.4) is 0 Å². The number of piperidine rings is 1. The van der Waals surface area contributed by atoms with Crippen molar-refractivity contribution in [2.75, 3.05) is 19.6 Å². The molecule has 30 heavy (non-hydrogen) atoms. The van der Waals surface area contributed by atoms with Crippen molar-refractivity contribution in [3.63, 3.8) is 0 Å². The molecule has 1 aromatic carbocycles. The molecule has 0 bridgehead atoms. The number of amides is 2. The van der Waals surface area contributed by atoms with Crippen molar-refractivity contribution in [2.24, 2.45) is 0 Å². The first kappa shape index (κ1) is 19.1. The van der Waals surface area contributed by atoms with E-state index >= 15 is 0 Å². The first-order chi connectivity index (χ1) is 14.6. The van der Waals surface area contributed by atoms with E-state index in [4.69, 9.17) is 0 Å². The number of aromatic nitrogens is 2. The molecule has 2 aliphatic heterocycles. The van der Waals surface area contributed by atoms with E-state index in [1.807, 2.05) is 51.2 Å². The summed E-state index contributed by atoms with van der Waals surface area (Å²) in [6, 6.07) is 11.1. The SMILES string of the molecule is O=C([C@H]1CCCN1C(=O)c1cccs1)N1CCC(n2c(=O)[nH]c3ccccc32)CC1. The molecule has 2 fully saturated rings. The largest absolute Gasteiger partial charge is 0.341 e. The molecular weight excluding hydrogens is 400 g/mol. The number of imidazole rings is 1. The standard InChI is InChI=1S/C22H24N4O3S/c27-20(18-7-3-11-25(18)21(28)19-8-4-14-30-19)24-12-9-15(10-13-24)26-17-6-2-1-5-16(17)23-22(26)29/h1-2,4-6,8,14-15,18H,3,7,9-13H2,(H,23,29)/t18-/m1/s1. The molecule has 0 radical (unpaired) electrons. The van der Waals surface area contributed by atoms with Crippen molar-refractivity contribution in [3.8, 4) is 0 Å². The molecular formula is C22H24N4O3S. The van der Waals surface area contributed by atoms with Crippen LogP contribution in [-0.2, 0) is 4.79 Å². The van der Waals surface area contributed by atoms with Crippen LogP contribution in [0.15, 0.2) is 46.6 Å². The fourth-order valence-electron chi connectivity index (χ4n) is 4.80. The lowest BCUT2D eigenvalue weighted by molar-refractivity contribution is -0.136. The molecule has 0 saturated carbocycles. The molecule has 8 heteroatoms. The highest BCUT2D eigenvalue weighted by molar-refractivity contribution is 7.12. The minimum atomic E-state index is -0.369. The maximum Gasteiger partial charge on any atom is 0.326 e. The normalized spacial score (nSPS) is 20.2. The third-order valence-electron chi connectivity index (χ3n) is 6.30. The molecule has 156 valence electrons. The van der Waals surface area contributed by atoms with Crippen molar-refractivity contribution >= 4 is 34.2 Å². The van der Waals surface area contributed by atoms with Gasteiger partial charge in [-0.15, -0.1) is 11.3 Å². The van der Waals surface area contributed by atoms with Gasteiger partial charge in [0, 0.05) is 25.7 Å². The van der Waals surface area contributed by atoms with Crippen molar-refractivity contribution < 1.29 is 9.59 Å². The van der Waals surface area contributed by atoms with Gasteiger partial charge in [0.2, 0.25) is 5.91 Å². The fourth-order valence-corrected chi connectivity index (χ4v) is 5.48. The number of nitrogens with zero attached hydrogens (tertiary/aromatic N) is 3. The lowest BCUT2D eigenvalue weighted by atomic mass is 10.0. The highest BCUT2D eigenvalue weighted by atomic mass is 32.1.